The van der Waals surface area contributed by atoms with E-state index in [4.69, 9.17) is 4.74 Å². The van der Waals surface area contributed by atoms with E-state index in [1.807, 2.05) is 0 Å². The Kier molecular flexibility index (Phi) is 8.00. The van der Waals surface area contributed by atoms with Crippen LogP contribution in [-0.2, 0) is 9.53 Å². The molecule has 4 heterocycles. The van der Waals surface area contributed by atoms with Gasteiger partial charge in [-0.3, -0.25) is 14.5 Å². The maximum atomic E-state index is 15.3. The number of ether oxygens (including phenoxy) is 1. The van der Waals surface area contributed by atoms with Crippen molar-refractivity contribution in [2.24, 2.45) is 0 Å². The Morgan fingerprint density at radius 1 is 1.13 bits per heavy atom. The molecular formula is C32H33F2N5O7. The number of aromatic nitrogens is 2. The van der Waals surface area contributed by atoms with Crippen LogP contribution < -0.4 is 20.5 Å². The molecule has 3 fully saturated rings. The summed E-state index contributed by atoms with van der Waals surface area (Å²) in [5.74, 6) is -3.00. The van der Waals surface area contributed by atoms with E-state index in [2.05, 4.69) is 10.3 Å². The molecule has 3 aromatic rings. The van der Waals surface area contributed by atoms with Gasteiger partial charge in [0.05, 0.1) is 29.8 Å². The number of aliphatic hydroxyl groups is 1. The molecule has 0 radical (unpaired) electrons. The predicted molar refractivity (Wildman–Crippen MR) is 164 cm³/mol. The summed E-state index contributed by atoms with van der Waals surface area (Å²) in [5.41, 5.74) is -1.31. The Labute approximate surface area is 261 Å². The van der Waals surface area contributed by atoms with Gasteiger partial charge in [0.15, 0.2) is 11.6 Å². The van der Waals surface area contributed by atoms with Crippen LogP contribution in [0.5, 0.6) is 0 Å². The average molecular weight is 638 g/mol. The van der Waals surface area contributed by atoms with Gasteiger partial charge in [0.1, 0.15) is 23.1 Å². The summed E-state index contributed by atoms with van der Waals surface area (Å²) in [6.45, 7) is 3.78. The fourth-order valence-corrected chi connectivity index (χ4v) is 5.99. The molecule has 14 heteroatoms. The standard InChI is InChI=1S/C32H33F2N5O7/c1-17(11-19-3-4-21(12-25(19)33)39-15-22(46-31(39)44)14-35-18(2)40)32(45)7-9-37(10-8-32)29-26(34)13-23-27(41)24(30(42)43)16-38(20-5-6-20)28(23)36-29/h3-4,11-13,16,20,22,45H,5-10,14-15H2,1-2H3,(H,35,40)(H,42,43)/b17-11+/t22-/m0/s1. The van der Waals surface area contributed by atoms with E-state index in [0.717, 1.165) is 18.9 Å². The third kappa shape index (κ3) is 5.91. The van der Waals surface area contributed by atoms with E-state index < -0.39 is 46.4 Å². The molecule has 0 unspecified atom stereocenters. The van der Waals surface area contributed by atoms with Crippen LogP contribution in [0.3, 0.4) is 0 Å². The molecule has 2 saturated heterocycles. The average Bonchev–Trinajstić information content (AvgIpc) is 3.78. The Bertz CT molecular complexity index is 1850. The Balaban J connectivity index is 1.17. The van der Waals surface area contributed by atoms with Crippen LogP contribution in [0.4, 0.5) is 25.1 Å². The highest BCUT2D eigenvalue weighted by Gasteiger charge is 2.36. The van der Waals surface area contributed by atoms with E-state index in [0.29, 0.717) is 11.3 Å². The van der Waals surface area contributed by atoms with Gasteiger partial charge in [-0.05, 0) is 62.4 Å². The number of carboxylic acid groups (broad SMARTS) is 1. The number of benzene rings is 1. The number of carbonyl (C=O) groups excluding carboxylic acids is 2. The Morgan fingerprint density at radius 3 is 2.48 bits per heavy atom. The second-order valence-corrected chi connectivity index (χ2v) is 12.1. The van der Waals surface area contributed by atoms with Crippen molar-refractivity contribution < 1.29 is 38.1 Å². The molecule has 2 aromatic heterocycles. The molecular weight excluding hydrogens is 604 g/mol. The number of carboxylic acids is 1. The number of amides is 2. The first-order valence-electron chi connectivity index (χ1n) is 15.0. The van der Waals surface area contributed by atoms with Crippen molar-refractivity contribution in [3.63, 3.8) is 0 Å². The number of fused-ring (bicyclic) bond motifs is 1. The first-order chi connectivity index (χ1) is 21.8. The van der Waals surface area contributed by atoms with Gasteiger partial charge in [0.2, 0.25) is 11.3 Å². The van der Waals surface area contributed by atoms with Gasteiger partial charge >= 0.3 is 12.1 Å². The SMILES string of the molecule is CC(=O)NC[C@H]1CN(c2ccc(/C=C(\C)C3(O)CCN(c4nc5c(cc4F)c(=O)c(C(=O)O)cn5C4CC4)CC3)c(F)c2)C(=O)O1. The third-order valence-electron chi connectivity index (χ3n) is 8.85. The minimum absolute atomic E-state index is 0.00874. The largest absolute Gasteiger partial charge is 0.477 e. The molecule has 2 aliphatic heterocycles. The summed E-state index contributed by atoms with van der Waals surface area (Å²) in [6.07, 6.45) is 3.58. The zero-order valence-corrected chi connectivity index (χ0v) is 25.3. The highest BCUT2D eigenvalue weighted by Crippen LogP contribution is 2.38. The minimum Gasteiger partial charge on any atom is -0.477 e. The number of nitrogens with zero attached hydrogens (tertiary/aromatic N) is 4. The highest BCUT2D eigenvalue weighted by atomic mass is 19.1. The number of halogens is 2. The van der Waals surface area contributed by atoms with Crippen molar-refractivity contribution in [1.29, 1.82) is 0 Å². The van der Waals surface area contributed by atoms with Gasteiger partial charge in [-0.2, -0.15) is 0 Å². The van der Waals surface area contributed by atoms with E-state index in [-0.39, 0.29) is 73.4 Å². The monoisotopic (exact) mass is 637 g/mol. The maximum Gasteiger partial charge on any atom is 0.414 e. The normalized spacial score (nSPS) is 19.8. The van der Waals surface area contributed by atoms with Crippen molar-refractivity contribution in [2.45, 2.75) is 57.3 Å². The summed E-state index contributed by atoms with van der Waals surface area (Å²) in [6, 6.07) is 5.31. The lowest BCUT2D eigenvalue weighted by Crippen LogP contribution is -2.45. The van der Waals surface area contributed by atoms with Gasteiger partial charge in [0, 0.05) is 37.8 Å². The van der Waals surface area contributed by atoms with Crippen LogP contribution >= 0.6 is 0 Å². The second-order valence-electron chi connectivity index (χ2n) is 12.1. The number of nitrogens with one attached hydrogen (secondary N) is 1. The Morgan fingerprint density at radius 2 is 1.85 bits per heavy atom. The van der Waals surface area contributed by atoms with Crippen molar-refractivity contribution in [1.82, 2.24) is 14.9 Å². The van der Waals surface area contributed by atoms with E-state index in [1.165, 1.54) is 30.2 Å². The minimum atomic E-state index is -1.38. The molecule has 0 bridgehead atoms. The van der Waals surface area contributed by atoms with Crippen LogP contribution in [0.15, 0.2) is 40.8 Å². The van der Waals surface area contributed by atoms with Gasteiger partial charge < -0.3 is 29.7 Å². The molecule has 1 aliphatic carbocycles. The molecule has 1 atom stereocenters. The maximum absolute atomic E-state index is 15.3. The van der Waals surface area contributed by atoms with Crippen molar-refractivity contribution in [3.8, 4) is 0 Å². The zero-order chi connectivity index (χ0) is 32.9. The molecule has 0 spiro atoms. The Hall–Kier alpha value is -4.85. The molecule has 12 nitrogen and oxygen atoms in total. The number of rotatable bonds is 8. The number of piperidine rings is 1. The first kappa shape index (κ1) is 31.1. The fraction of sp³-hybridized carbons (Fsp3) is 0.406. The molecule has 46 heavy (non-hydrogen) atoms. The van der Waals surface area contributed by atoms with Crippen molar-refractivity contribution in [3.05, 3.63) is 69.0 Å². The van der Waals surface area contributed by atoms with Gasteiger partial charge in [-0.25, -0.2) is 23.4 Å². The van der Waals surface area contributed by atoms with Crippen LogP contribution in [0.2, 0.25) is 0 Å². The van der Waals surface area contributed by atoms with Crippen molar-refractivity contribution in [2.75, 3.05) is 36.0 Å². The lowest BCUT2D eigenvalue weighted by Gasteiger charge is -2.39. The van der Waals surface area contributed by atoms with Crippen molar-refractivity contribution >= 4 is 46.6 Å². The number of cyclic esters (lactones) is 1. The van der Waals surface area contributed by atoms with E-state index >= 15 is 8.78 Å². The number of pyridine rings is 2. The highest BCUT2D eigenvalue weighted by molar-refractivity contribution is 5.92. The van der Waals surface area contributed by atoms with Gasteiger partial charge in [0.25, 0.3) is 0 Å². The van der Waals surface area contributed by atoms with Gasteiger partial charge in [-0.1, -0.05) is 6.08 Å². The van der Waals surface area contributed by atoms with Crippen LogP contribution in [-0.4, -0.2) is 75.6 Å². The van der Waals surface area contributed by atoms with Crippen LogP contribution in [0, 0.1) is 11.6 Å². The smallest absolute Gasteiger partial charge is 0.414 e. The summed E-state index contributed by atoms with van der Waals surface area (Å²) in [4.78, 5) is 55.3. The lowest BCUT2D eigenvalue weighted by molar-refractivity contribution is -0.119. The molecule has 242 valence electrons. The second kappa shape index (κ2) is 11.8. The molecule has 1 saturated carbocycles. The molecule has 3 aliphatic rings. The van der Waals surface area contributed by atoms with Crippen LogP contribution in [0.25, 0.3) is 17.1 Å². The quantitative estimate of drug-likeness (QED) is 0.336. The number of carbonyl (C=O) groups is 3. The lowest BCUT2D eigenvalue weighted by atomic mass is 9.84. The molecule has 1 aromatic carbocycles. The third-order valence-corrected chi connectivity index (χ3v) is 8.85. The summed E-state index contributed by atoms with van der Waals surface area (Å²) in [5, 5.41) is 23.5. The van der Waals surface area contributed by atoms with Gasteiger partial charge in [-0.15, -0.1) is 0 Å². The van der Waals surface area contributed by atoms with E-state index in [1.54, 1.807) is 28.5 Å². The summed E-state index contributed by atoms with van der Waals surface area (Å²) >= 11 is 0. The summed E-state index contributed by atoms with van der Waals surface area (Å²) < 4.78 is 37.4. The first-order valence-corrected chi connectivity index (χ1v) is 15.0. The number of hydrogen-bond donors (Lipinski definition) is 3. The predicted octanol–water partition coefficient (Wildman–Crippen LogP) is 3.60. The number of hydrogen-bond acceptors (Lipinski definition) is 8. The number of aromatic carboxylic acids is 1. The topological polar surface area (TPSA) is 154 Å². The molecule has 3 N–H and O–H groups in total. The van der Waals surface area contributed by atoms with Crippen LogP contribution in [0.1, 0.15) is 61.5 Å². The number of anilines is 2. The van der Waals surface area contributed by atoms with E-state index in [9.17, 15) is 29.4 Å². The molecule has 6 rings (SSSR count). The zero-order valence-electron chi connectivity index (χ0n) is 25.3. The fourth-order valence-electron chi connectivity index (χ4n) is 5.99. The summed E-state index contributed by atoms with van der Waals surface area (Å²) in [7, 11) is 0. The molecule has 2 amide bonds.